The monoisotopic (exact) mass is 453 g/mol. The number of rotatable bonds is 5. The van der Waals surface area contributed by atoms with E-state index >= 15 is 0 Å². The summed E-state index contributed by atoms with van der Waals surface area (Å²) in [7, 11) is -0.0721. The molecule has 6 heteroatoms. The number of benzene rings is 3. The lowest BCUT2D eigenvalue weighted by Crippen LogP contribution is -2.28. The molecule has 32 heavy (non-hydrogen) atoms. The SMILES string of the molecule is COc1ccc2c(c1)C(S(=O)(=O)c1ccc(Cc3ccc(C)c(F)c3)cc1)CN(C)CC2. The maximum Gasteiger partial charge on any atom is 0.186 e. The Bertz CT molecular complexity index is 1220. The van der Waals surface area contributed by atoms with Crippen molar-refractivity contribution in [3.8, 4) is 5.75 Å². The third kappa shape index (κ3) is 4.57. The minimum Gasteiger partial charge on any atom is -0.497 e. The molecule has 0 saturated carbocycles. The van der Waals surface area contributed by atoms with Gasteiger partial charge in [0.1, 0.15) is 16.8 Å². The van der Waals surface area contributed by atoms with Gasteiger partial charge < -0.3 is 9.64 Å². The fourth-order valence-electron chi connectivity index (χ4n) is 4.22. The summed E-state index contributed by atoms with van der Waals surface area (Å²) in [5, 5.41) is -0.669. The molecule has 0 aromatic heterocycles. The molecule has 3 aromatic rings. The average molecular weight is 454 g/mol. The van der Waals surface area contributed by atoms with Crippen LogP contribution in [0.15, 0.2) is 65.6 Å². The van der Waals surface area contributed by atoms with Gasteiger partial charge in [-0.25, -0.2) is 12.8 Å². The molecule has 1 unspecified atom stereocenters. The van der Waals surface area contributed by atoms with Gasteiger partial charge in [0.2, 0.25) is 0 Å². The molecule has 0 aliphatic carbocycles. The van der Waals surface area contributed by atoms with Crippen molar-refractivity contribution >= 4 is 9.84 Å². The highest BCUT2D eigenvalue weighted by Gasteiger charge is 2.34. The lowest BCUT2D eigenvalue weighted by Gasteiger charge is -2.22. The van der Waals surface area contributed by atoms with E-state index in [1.807, 2.05) is 43.4 Å². The van der Waals surface area contributed by atoms with Crippen LogP contribution in [0.5, 0.6) is 5.75 Å². The van der Waals surface area contributed by atoms with Crippen LogP contribution in [0.1, 0.15) is 33.1 Å². The third-order valence-corrected chi connectivity index (χ3v) is 8.29. The lowest BCUT2D eigenvalue weighted by molar-refractivity contribution is 0.345. The maximum absolute atomic E-state index is 13.9. The Morgan fingerprint density at radius 2 is 1.75 bits per heavy atom. The second kappa shape index (κ2) is 9.04. The van der Waals surface area contributed by atoms with E-state index < -0.39 is 15.1 Å². The number of hydrogen-bond donors (Lipinski definition) is 0. The van der Waals surface area contributed by atoms with E-state index in [1.165, 1.54) is 6.07 Å². The summed E-state index contributed by atoms with van der Waals surface area (Å²) in [6.07, 6.45) is 1.34. The summed E-state index contributed by atoms with van der Waals surface area (Å²) >= 11 is 0. The van der Waals surface area contributed by atoms with E-state index in [2.05, 4.69) is 4.90 Å². The molecule has 1 aliphatic heterocycles. The maximum atomic E-state index is 13.9. The number of hydrogen-bond acceptors (Lipinski definition) is 4. The Morgan fingerprint density at radius 1 is 1.03 bits per heavy atom. The highest BCUT2D eigenvalue weighted by molar-refractivity contribution is 7.91. The van der Waals surface area contributed by atoms with E-state index in [0.29, 0.717) is 29.2 Å². The van der Waals surface area contributed by atoms with E-state index in [0.717, 1.165) is 35.2 Å². The van der Waals surface area contributed by atoms with Gasteiger partial charge in [0.05, 0.1) is 12.0 Å². The minimum absolute atomic E-state index is 0.228. The van der Waals surface area contributed by atoms with E-state index in [-0.39, 0.29) is 5.82 Å². The minimum atomic E-state index is -3.62. The fraction of sp³-hybridized carbons (Fsp3) is 0.308. The normalized spacial score (nSPS) is 16.9. The van der Waals surface area contributed by atoms with E-state index in [4.69, 9.17) is 4.74 Å². The average Bonchev–Trinajstić information content (AvgIpc) is 2.95. The predicted molar refractivity (Wildman–Crippen MR) is 125 cm³/mol. The van der Waals surface area contributed by atoms with Crippen molar-refractivity contribution in [2.75, 3.05) is 27.2 Å². The van der Waals surface area contributed by atoms with Gasteiger partial charge in [-0.15, -0.1) is 0 Å². The van der Waals surface area contributed by atoms with Crippen LogP contribution in [-0.2, 0) is 22.7 Å². The number of nitrogens with zero attached hydrogens (tertiary/aromatic N) is 1. The first-order valence-corrected chi connectivity index (χ1v) is 12.3. The summed E-state index contributed by atoms with van der Waals surface area (Å²) in [6.45, 7) is 2.96. The number of aryl methyl sites for hydroxylation is 1. The summed E-state index contributed by atoms with van der Waals surface area (Å²) in [5.41, 5.74) is 4.26. The molecule has 1 aliphatic rings. The van der Waals surface area contributed by atoms with Gasteiger partial charge in [-0.05, 0) is 85.0 Å². The number of ether oxygens (including phenoxy) is 1. The Morgan fingerprint density at radius 3 is 2.44 bits per heavy atom. The van der Waals surface area contributed by atoms with E-state index in [9.17, 15) is 12.8 Å². The van der Waals surface area contributed by atoms with Crippen molar-refractivity contribution in [2.45, 2.75) is 29.9 Å². The molecule has 0 amide bonds. The van der Waals surface area contributed by atoms with Crippen LogP contribution in [-0.4, -0.2) is 40.6 Å². The Labute approximate surface area is 189 Å². The molecule has 0 spiro atoms. The second-order valence-corrected chi connectivity index (χ2v) is 10.6. The molecule has 0 radical (unpaired) electrons. The van der Waals surface area contributed by atoms with Crippen molar-refractivity contribution in [3.05, 3.63) is 94.3 Å². The predicted octanol–water partition coefficient (Wildman–Crippen LogP) is 4.74. The van der Waals surface area contributed by atoms with Gasteiger partial charge in [-0.3, -0.25) is 0 Å². The van der Waals surface area contributed by atoms with Crippen LogP contribution in [0.2, 0.25) is 0 Å². The second-order valence-electron chi connectivity index (χ2n) is 8.51. The number of likely N-dealkylation sites (N-methyl/N-ethyl adjacent to an activating group) is 1. The zero-order chi connectivity index (χ0) is 22.9. The quantitative estimate of drug-likeness (QED) is 0.560. The Kier molecular flexibility index (Phi) is 6.35. The first-order chi connectivity index (χ1) is 15.3. The van der Waals surface area contributed by atoms with Crippen LogP contribution >= 0.6 is 0 Å². The van der Waals surface area contributed by atoms with Gasteiger partial charge in [0.15, 0.2) is 9.84 Å². The number of fused-ring (bicyclic) bond motifs is 1. The fourth-order valence-corrected chi connectivity index (χ4v) is 6.07. The molecule has 1 atom stereocenters. The largest absolute Gasteiger partial charge is 0.497 e. The molecule has 0 saturated heterocycles. The van der Waals surface area contributed by atoms with E-state index in [1.54, 1.807) is 32.2 Å². The third-order valence-electron chi connectivity index (χ3n) is 6.21. The van der Waals surface area contributed by atoms with Crippen LogP contribution in [0, 0.1) is 12.7 Å². The number of halogens is 1. The first-order valence-electron chi connectivity index (χ1n) is 10.7. The first kappa shape index (κ1) is 22.5. The van der Waals surface area contributed by atoms with Gasteiger partial charge in [-0.2, -0.15) is 0 Å². The van der Waals surface area contributed by atoms with Crippen molar-refractivity contribution in [2.24, 2.45) is 0 Å². The zero-order valence-electron chi connectivity index (χ0n) is 18.6. The summed E-state index contributed by atoms with van der Waals surface area (Å²) in [4.78, 5) is 2.36. The molecule has 168 valence electrons. The van der Waals surface area contributed by atoms with Gasteiger partial charge in [-0.1, -0.05) is 30.3 Å². The highest BCUT2D eigenvalue weighted by atomic mass is 32.2. The smallest absolute Gasteiger partial charge is 0.186 e. The summed E-state index contributed by atoms with van der Waals surface area (Å²) in [5.74, 6) is 0.433. The molecule has 0 fully saturated rings. The van der Waals surface area contributed by atoms with Crippen molar-refractivity contribution < 1.29 is 17.5 Å². The number of sulfone groups is 1. The highest BCUT2D eigenvalue weighted by Crippen LogP contribution is 2.36. The van der Waals surface area contributed by atoms with Crippen LogP contribution in [0.25, 0.3) is 0 Å². The van der Waals surface area contributed by atoms with Gasteiger partial charge in [0, 0.05) is 13.1 Å². The van der Waals surface area contributed by atoms with Crippen molar-refractivity contribution in [3.63, 3.8) is 0 Å². The number of methoxy groups -OCH3 is 1. The molecule has 1 heterocycles. The Balaban J connectivity index is 1.65. The van der Waals surface area contributed by atoms with Crippen LogP contribution in [0.3, 0.4) is 0 Å². The standard InChI is InChI=1S/C26H28FNO3S/c1-18-4-5-20(15-25(18)27)14-19-6-10-23(11-7-19)32(29,30)26-17-28(2)13-12-21-8-9-22(31-3)16-24(21)26/h4-11,15-16,26H,12-14,17H2,1-3H3. The molecule has 3 aromatic carbocycles. The van der Waals surface area contributed by atoms with Gasteiger partial charge in [0.25, 0.3) is 0 Å². The van der Waals surface area contributed by atoms with Gasteiger partial charge >= 0.3 is 0 Å². The topological polar surface area (TPSA) is 46.6 Å². The molecule has 0 bridgehead atoms. The summed E-state index contributed by atoms with van der Waals surface area (Å²) in [6, 6.07) is 17.9. The zero-order valence-corrected chi connectivity index (χ0v) is 19.5. The molecule has 4 nitrogen and oxygen atoms in total. The van der Waals surface area contributed by atoms with Crippen LogP contribution < -0.4 is 4.74 Å². The molecular formula is C26H28FNO3S. The lowest BCUT2D eigenvalue weighted by atomic mass is 10.0. The summed E-state index contributed by atoms with van der Waals surface area (Å²) < 4.78 is 46.6. The van der Waals surface area contributed by atoms with Crippen LogP contribution in [0.4, 0.5) is 4.39 Å². The van der Waals surface area contributed by atoms with Crippen molar-refractivity contribution in [1.29, 1.82) is 0 Å². The molecule has 0 N–H and O–H groups in total. The van der Waals surface area contributed by atoms with Crippen molar-refractivity contribution in [1.82, 2.24) is 4.90 Å². The molecule has 4 rings (SSSR count). The Hall–Kier alpha value is -2.70. The molecular weight excluding hydrogens is 425 g/mol.